The number of hydrogen-bond acceptors (Lipinski definition) is 2. The van der Waals surface area contributed by atoms with E-state index in [1.807, 2.05) is 0 Å². The molecule has 2 heteroatoms. The van der Waals surface area contributed by atoms with E-state index in [-0.39, 0.29) is 0 Å². The highest BCUT2D eigenvalue weighted by Crippen LogP contribution is 2.55. The van der Waals surface area contributed by atoms with Gasteiger partial charge in [-0.05, 0) is 62.3 Å². The predicted octanol–water partition coefficient (Wildman–Crippen LogP) is 3.02. The van der Waals surface area contributed by atoms with Crippen LogP contribution in [0.25, 0.3) is 0 Å². The maximum atomic E-state index is 6.26. The first-order valence-electron chi connectivity index (χ1n) is 8.13. The zero-order valence-corrected chi connectivity index (χ0v) is 12.3. The fourth-order valence-corrected chi connectivity index (χ4v) is 5.32. The van der Waals surface area contributed by atoms with Crippen molar-refractivity contribution in [2.24, 2.45) is 23.0 Å². The topological polar surface area (TPSA) is 29.3 Å². The molecule has 18 heavy (non-hydrogen) atoms. The lowest BCUT2D eigenvalue weighted by atomic mass is 9.78. The highest BCUT2D eigenvalue weighted by molar-refractivity contribution is 5.10. The van der Waals surface area contributed by atoms with Crippen LogP contribution in [0.5, 0.6) is 0 Å². The Labute approximate surface area is 112 Å². The Morgan fingerprint density at radius 1 is 1.22 bits per heavy atom. The van der Waals surface area contributed by atoms with Crippen LogP contribution in [-0.2, 0) is 0 Å². The van der Waals surface area contributed by atoms with Crippen molar-refractivity contribution in [3.8, 4) is 0 Å². The molecule has 1 heterocycles. The molecule has 3 unspecified atom stereocenters. The Bertz CT molecular complexity index is 310. The summed E-state index contributed by atoms with van der Waals surface area (Å²) in [6, 6.07) is 0. The van der Waals surface area contributed by atoms with E-state index in [1.54, 1.807) is 0 Å². The van der Waals surface area contributed by atoms with Crippen molar-refractivity contribution in [2.75, 3.05) is 19.6 Å². The molecule has 0 aromatic carbocycles. The van der Waals surface area contributed by atoms with Gasteiger partial charge in [-0.25, -0.2) is 0 Å². The molecule has 2 bridgehead atoms. The first kappa shape index (κ1) is 12.9. The molecule has 2 saturated carbocycles. The fourth-order valence-electron chi connectivity index (χ4n) is 5.32. The molecule has 3 aliphatic rings. The van der Waals surface area contributed by atoms with E-state index in [1.165, 1.54) is 58.0 Å². The molecule has 1 aliphatic heterocycles. The van der Waals surface area contributed by atoms with Gasteiger partial charge in [0.15, 0.2) is 0 Å². The van der Waals surface area contributed by atoms with Gasteiger partial charge in [-0.1, -0.05) is 20.3 Å². The van der Waals surface area contributed by atoms with Crippen molar-refractivity contribution in [1.82, 2.24) is 4.90 Å². The van der Waals surface area contributed by atoms with Crippen LogP contribution in [0.15, 0.2) is 0 Å². The van der Waals surface area contributed by atoms with Gasteiger partial charge in [0.2, 0.25) is 0 Å². The summed E-state index contributed by atoms with van der Waals surface area (Å²) in [6.45, 7) is 8.28. The van der Waals surface area contributed by atoms with Crippen LogP contribution < -0.4 is 5.73 Å². The summed E-state index contributed by atoms with van der Waals surface area (Å²) in [4.78, 5) is 2.82. The van der Waals surface area contributed by atoms with Crippen LogP contribution in [0.3, 0.4) is 0 Å². The molecule has 3 atom stereocenters. The molecule has 2 N–H and O–H groups in total. The van der Waals surface area contributed by atoms with Crippen molar-refractivity contribution in [3.05, 3.63) is 0 Å². The Kier molecular flexibility index (Phi) is 3.22. The number of likely N-dealkylation sites (tertiary alicyclic amines) is 1. The second-order valence-electron chi connectivity index (χ2n) is 7.27. The molecule has 3 fully saturated rings. The smallest absolute Gasteiger partial charge is 0.0362 e. The normalized spacial score (nSPS) is 42.8. The minimum Gasteiger partial charge on any atom is -0.329 e. The van der Waals surface area contributed by atoms with Gasteiger partial charge in [-0.15, -0.1) is 0 Å². The third kappa shape index (κ3) is 1.68. The minimum absolute atomic E-state index is 0.398. The highest BCUT2D eigenvalue weighted by Gasteiger charge is 2.55. The summed E-state index contributed by atoms with van der Waals surface area (Å²) in [5, 5.41) is 0. The van der Waals surface area contributed by atoms with Crippen LogP contribution in [-0.4, -0.2) is 30.1 Å². The van der Waals surface area contributed by atoms with Crippen molar-refractivity contribution in [2.45, 2.75) is 64.3 Å². The zero-order chi connectivity index (χ0) is 12.8. The maximum absolute atomic E-state index is 6.26. The molecule has 0 spiro atoms. The molecule has 1 saturated heterocycles. The summed E-state index contributed by atoms with van der Waals surface area (Å²) in [6.07, 6.45) is 9.88. The van der Waals surface area contributed by atoms with E-state index < -0.39 is 0 Å². The zero-order valence-electron chi connectivity index (χ0n) is 12.3. The van der Waals surface area contributed by atoms with Gasteiger partial charge in [-0.3, -0.25) is 4.90 Å². The maximum Gasteiger partial charge on any atom is 0.0362 e. The monoisotopic (exact) mass is 250 g/mol. The SMILES string of the molecule is CCC1(CC)CCN(C2(CN)CC3CCC2C3)C1. The number of nitrogens with two attached hydrogens (primary N) is 1. The van der Waals surface area contributed by atoms with Crippen LogP contribution >= 0.6 is 0 Å². The van der Waals surface area contributed by atoms with Gasteiger partial charge < -0.3 is 5.73 Å². The molecule has 0 aromatic rings. The van der Waals surface area contributed by atoms with Gasteiger partial charge in [-0.2, -0.15) is 0 Å². The van der Waals surface area contributed by atoms with E-state index in [4.69, 9.17) is 5.73 Å². The Balaban J connectivity index is 1.78. The molecular formula is C16H30N2. The van der Waals surface area contributed by atoms with Crippen LogP contribution in [0.2, 0.25) is 0 Å². The highest BCUT2D eigenvalue weighted by atomic mass is 15.2. The number of fused-ring (bicyclic) bond motifs is 2. The number of rotatable bonds is 4. The summed E-state index contributed by atoms with van der Waals surface area (Å²) in [5.74, 6) is 1.91. The second kappa shape index (κ2) is 4.49. The average Bonchev–Trinajstić information content (AvgIpc) is 3.12. The van der Waals surface area contributed by atoms with Gasteiger partial charge in [0, 0.05) is 18.6 Å². The molecule has 0 amide bonds. The second-order valence-corrected chi connectivity index (χ2v) is 7.27. The Morgan fingerprint density at radius 3 is 2.44 bits per heavy atom. The van der Waals surface area contributed by atoms with Crippen molar-refractivity contribution >= 4 is 0 Å². The van der Waals surface area contributed by atoms with Crippen LogP contribution in [0, 0.1) is 17.3 Å². The van der Waals surface area contributed by atoms with Gasteiger partial charge in [0.05, 0.1) is 0 Å². The molecule has 2 aliphatic carbocycles. The van der Waals surface area contributed by atoms with Gasteiger partial charge in [0.1, 0.15) is 0 Å². The molecule has 3 rings (SSSR count). The average molecular weight is 250 g/mol. The van der Waals surface area contributed by atoms with E-state index in [2.05, 4.69) is 18.7 Å². The molecule has 2 nitrogen and oxygen atoms in total. The standard InChI is InChI=1S/C16H30N2/c1-3-15(4-2)7-8-18(12-15)16(11-17)10-13-5-6-14(16)9-13/h13-14H,3-12,17H2,1-2H3. The van der Waals surface area contributed by atoms with Crippen molar-refractivity contribution in [1.29, 1.82) is 0 Å². The van der Waals surface area contributed by atoms with Crippen molar-refractivity contribution < 1.29 is 0 Å². The lowest BCUT2D eigenvalue weighted by molar-refractivity contribution is 0.0507. The molecular weight excluding hydrogens is 220 g/mol. The van der Waals surface area contributed by atoms with Crippen LogP contribution in [0.4, 0.5) is 0 Å². The molecule has 0 aromatic heterocycles. The number of nitrogens with zero attached hydrogens (tertiary/aromatic N) is 1. The van der Waals surface area contributed by atoms with E-state index in [0.29, 0.717) is 11.0 Å². The van der Waals surface area contributed by atoms with Gasteiger partial charge >= 0.3 is 0 Å². The first-order chi connectivity index (χ1) is 8.68. The van der Waals surface area contributed by atoms with Crippen molar-refractivity contribution in [3.63, 3.8) is 0 Å². The number of hydrogen-bond donors (Lipinski definition) is 1. The quantitative estimate of drug-likeness (QED) is 0.831. The summed E-state index contributed by atoms with van der Waals surface area (Å²) in [5.41, 5.74) is 7.26. The summed E-state index contributed by atoms with van der Waals surface area (Å²) < 4.78 is 0. The predicted molar refractivity (Wildman–Crippen MR) is 76.4 cm³/mol. The Hall–Kier alpha value is -0.0800. The van der Waals surface area contributed by atoms with E-state index in [0.717, 1.165) is 18.4 Å². The lowest BCUT2D eigenvalue weighted by Gasteiger charge is -2.45. The largest absolute Gasteiger partial charge is 0.329 e. The summed E-state index contributed by atoms with van der Waals surface area (Å²) >= 11 is 0. The summed E-state index contributed by atoms with van der Waals surface area (Å²) in [7, 11) is 0. The van der Waals surface area contributed by atoms with Crippen LogP contribution in [0.1, 0.15) is 58.8 Å². The first-order valence-corrected chi connectivity index (χ1v) is 8.13. The third-order valence-electron chi connectivity index (χ3n) is 6.86. The van der Waals surface area contributed by atoms with E-state index in [9.17, 15) is 0 Å². The lowest BCUT2D eigenvalue weighted by Crippen LogP contribution is -2.56. The third-order valence-corrected chi connectivity index (χ3v) is 6.86. The van der Waals surface area contributed by atoms with E-state index >= 15 is 0 Å². The fraction of sp³-hybridized carbons (Fsp3) is 1.00. The van der Waals surface area contributed by atoms with Gasteiger partial charge in [0.25, 0.3) is 0 Å². The molecule has 0 radical (unpaired) electrons. The Morgan fingerprint density at radius 2 is 2.00 bits per heavy atom. The molecule has 104 valence electrons. The minimum atomic E-state index is 0.398.